The summed E-state index contributed by atoms with van der Waals surface area (Å²) >= 11 is 0. The second-order valence-corrected chi connectivity index (χ2v) is 4.50. The lowest BCUT2D eigenvalue weighted by atomic mass is 9.96. The predicted molar refractivity (Wildman–Crippen MR) is 63.8 cm³/mol. The van der Waals surface area contributed by atoms with Crippen LogP contribution < -0.4 is 11.1 Å². The fourth-order valence-electron chi connectivity index (χ4n) is 1.49. The van der Waals surface area contributed by atoms with Crippen LogP contribution in [-0.4, -0.2) is 23.0 Å². The summed E-state index contributed by atoms with van der Waals surface area (Å²) in [4.78, 5) is 15.2. The summed E-state index contributed by atoms with van der Waals surface area (Å²) in [6.07, 6.45) is 5.36. The van der Waals surface area contributed by atoms with Crippen LogP contribution in [0.4, 0.5) is 0 Å². The van der Waals surface area contributed by atoms with Crippen LogP contribution in [0, 0.1) is 0 Å². The molecule has 88 valence electrons. The molecule has 0 saturated heterocycles. The molecule has 1 rings (SSSR count). The van der Waals surface area contributed by atoms with Gasteiger partial charge in [-0.15, -0.1) is 0 Å². The van der Waals surface area contributed by atoms with E-state index in [1.807, 2.05) is 32.2 Å². The molecule has 3 N–H and O–H groups in total. The Morgan fingerprint density at radius 3 is 2.88 bits per heavy atom. The highest BCUT2D eigenvalue weighted by atomic mass is 16.1. The zero-order valence-electron chi connectivity index (χ0n) is 9.86. The lowest BCUT2D eigenvalue weighted by Crippen LogP contribution is -2.46. The van der Waals surface area contributed by atoms with Crippen LogP contribution >= 0.6 is 0 Å². The summed E-state index contributed by atoms with van der Waals surface area (Å²) in [5, 5.41) is 2.89. The van der Waals surface area contributed by atoms with E-state index in [9.17, 15) is 4.79 Å². The Morgan fingerprint density at radius 1 is 1.56 bits per heavy atom. The predicted octanol–water partition coefficient (Wildman–Crippen LogP) is 0.868. The van der Waals surface area contributed by atoms with Crippen LogP contribution in [0.2, 0.25) is 0 Å². The van der Waals surface area contributed by atoms with Gasteiger partial charge in [-0.1, -0.05) is 6.07 Å². The number of aryl methyl sites for hydroxylation is 1. The molecule has 0 unspecified atom stereocenters. The molecule has 0 aliphatic carbocycles. The van der Waals surface area contributed by atoms with Crippen LogP contribution in [0.3, 0.4) is 0 Å². The Bertz CT molecular complexity index is 335. The second kappa shape index (κ2) is 5.61. The van der Waals surface area contributed by atoms with Gasteiger partial charge in [-0.2, -0.15) is 0 Å². The van der Waals surface area contributed by atoms with Crippen molar-refractivity contribution in [2.75, 3.05) is 6.54 Å². The molecule has 4 heteroatoms. The van der Waals surface area contributed by atoms with Crippen molar-refractivity contribution in [3.8, 4) is 0 Å². The highest BCUT2D eigenvalue weighted by Crippen LogP contribution is 2.12. The van der Waals surface area contributed by atoms with Gasteiger partial charge >= 0.3 is 0 Å². The van der Waals surface area contributed by atoms with Gasteiger partial charge in [-0.3, -0.25) is 9.78 Å². The molecule has 0 atom stereocenters. The van der Waals surface area contributed by atoms with Crippen LogP contribution in [-0.2, 0) is 11.2 Å². The summed E-state index contributed by atoms with van der Waals surface area (Å²) < 4.78 is 0. The molecule has 0 bridgehead atoms. The third-order valence-corrected chi connectivity index (χ3v) is 2.42. The average Bonchev–Trinajstić information content (AvgIpc) is 2.27. The number of aromatic nitrogens is 1. The second-order valence-electron chi connectivity index (χ2n) is 4.50. The third-order valence-electron chi connectivity index (χ3n) is 2.42. The van der Waals surface area contributed by atoms with Gasteiger partial charge in [0.05, 0.1) is 6.54 Å². The van der Waals surface area contributed by atoms with Gasteiger partial charge in [0.25, 0.3) is 0 Å². The van der Waals surface area contributed by atoms with Crippen molar-refractivity contribution < 1.29 is 4.79 Å². The monoisotopic (exact) mass is 221 g/mol. The maximum absolute atomic E-state index is 11.2. The zero-order chi connectivity index (χ0) is 12.0. The van der Waals surface area contributed by atoms with Crippen LogP contribution in [0.5, 0.6) is 0 Å². The third kappa shape index (κ3) is 4.40. The number of pyridine rings is 1. The van der Waals surface area contributed by atoms with E-state index in [2.05, 4.69) is 10.3 Å². The fourth-order valence-corrected chi connectivity index (χ4v) is 1.49. The summed E-state index contributed by atoms with van der Waals surface area (Å²) in [5.41, 5.74) is 6.21. The van der Waals surface area contributed by atoms with Gasteiger partial charge in [-0.05, 0) is 38.3 Å². The summed E-state index contributed by atoms with van der Waals surface area (Å²) in [7, 11) is 0. The van der Waals surface area contributed by atoms with E-state index < -0.39 is 0 Å². The smallest absolute Gasteiger partial charge is 0.234 e. The fraction of sp³-hybridized carbons (Fsp3) is 0.500. The molecule has 1 aromatic rings. The first-order valence-corrected chi connectivity index (χ1v) is 5.43. The topological polar surface area (TPSA) is 68.0 Å². The summed E-state index contributed by atoms with van der Waals surface area (Å²) in [6, 6.07) is 3.95. The molecule has 1 amide bonds. The molecule has 1 aromatic heterocycles. The molecule has 4 nitrogen and oxygen atoms in total. The summed E-state index contributed by atoms with van der Waals surface area (Å²) in [5.74, 6) is -0.115. The van der Waals surface area contributed by atoms with Crippen molar-refractivity contribution in [3.63, 3.8) is 0 Å². The van der Waals surface area contributed by atoms with Crippen molar-refractivity contribution in [2.45, 2.75) is 32.2 Å². The molecule has 0 saturated carbocycles. The SMILES string of the molecule is CC(C)(CCc1cccnc1)NC(=O)CN. The minimum Gasteiger partial charge on any atom is -0.350 e. The van der Waals surface area contributed by atoms with E-state index in [1.54, 1.807) is 6.20 Å². The molecular formula is C12H19N3O. The van der Waals surface area contributed by atoms with E-state index >= 15 is 0 Å². The van der Waals surface area contributed by atoms with Crippen LogP contribution in [0.25, 0.3) is 0 Å². The quantitative estimate of drug-likeness (QED) is 0.775. The van der Waals surface area contributed by atoms with Gasteiger partial charge in [0.15, 0.2) is 0 Å². The Hall–Kier alpha value is -1.42. The van der Waals surface area contributed by atoms with Crippen LogP contribution in [0.1, 0.15) is 25.8 Å². The van der Waals surface area contributed by atoms with E-state index in [1.165, 1.54) is 5.56 Å². The molecule has 0 aliphatic heterocycles. The van der Waals surface area contributed by atoms with Gasteiger partial charge in [-0.25, -0.2) is 0 Å². The lowest BCUT2D eigenvalue weighted by Gasteiger charge is -2.26. The highest BCUT2D eigenvalue weighted by Gasteiger charge is 2.19. The molecule has 16 heavy (non-hydrogen) atoms. The van der Waals surface area contributed by atoms with Crippen molar-refractivity contribution in [1.29, 1.82) is 0 Å². The molecule has 0 radical (unpaired) electrons. The van der Waals surface area contributed by atoms with E-state index in [-0.39, 0.29) is 18.0 Å². The number of hydrogen-bond donors (Lipinski definition) is 2. The minimum atomic E-state index is -0.230. The molecule has 0 aliphatic rings. The number of amides is 1. The number of nitrogens with one attached hydrogen (secondary N) is 1. The standard InChI is InChI=1S/C12H19N3O/c1-12(2,15-11(16)8-13)6-5-10-4-3-7-14-9-10/h3-4,7,9H,5-6,8,13H2,1-2H3,(H,15,16). The average molecular weight is 221 g/mol. The van der Waals surface area contributed by atoms with Crippen molar-refractivity contribution in [1.82, 2.24) is 10.3 Å². The van der Waals surface area contributed by atoms with Gasteiger partial charge < -0.3 is 11.1 Å². The van der Waals surface area contributed by atoms with E-state index in [4.69, 9.17) is 5.73 Å². The first-order chi connectivity index (χ1) is 7.53. The van der Waals surface area contributed by atoms with E-state index in [0.717, 1.165) is 12.8 Å². The highest BCUT2D eigenvalue weighted by molar-refractivity contribution is 5.78. The van der Waals surface area contributed by atoms with E-state index in [0.29, 0.717) is 0 Å². The Balaban J connectivity index is 2.44. The normalized spacial score (nSPS) is 11.2. The first-order valence-electron chi connectivity index (χ1n) is 5.43. The number of carbonyl (C=O) groups is 1. The van der Waals surface area contributed by atoms with Crippen LogP contribution in [0.15, 0.2) is 24.5 Å². The Morgan fingerprint density at radius 2 is 2.31 bits per heavy atom. The van der Waals surface area contributed by atoms with Gasteiger partial charge in [0, 0.05) is 17.9 Å². The minimum absolute atomic E-state index is 0.0380. The molecule has 0 aromatic carbocycles. The Kier molecular flexibility index (Phi) is 4.43. The largest absolute Gasteiger partial charge is 0.350 e. The summed E-state index contributed by atoms with van der Waals surface area (Å²) in [6.45, 7) is 4.03. The number of rotatable bonds is 5. The maximum Gasteiger partial charge on any atom is 0.234 e. The van der Waals surface area contributed by atoms with Crippen molar-refractivity contribution >= 4 is 5.91 Å². The lowest BCUT2D eigenvalue weighted by molar-refractivity contribution is -0.121. The van der Waals surface area contributed by atoms with Gasteiger partial charge in [0.2, 0.25) is 5.91 Å². The number of carbonyl (C=O) groups excluding carboxylic acids is 1. The molecule has 1 heterocycles. The number of nitrogens with zero attached hydrogens (tertiary/aromatic N) is 1. The number of nitrogens with two attached hydrogens (primary N) is 1. The zero-order valence-corrected chi connectivity index (χ0v) is 9.86. The van der Waals surface area contributed by atoms with Crippen molar-refractivity contribution in [2.24, 2.45) is 5.73 Å². The number of hydrogen-bond acceptors (Lipinski definition) is 3. The molecular weight excluding hydrogens is 202 g/mol. The molecule has 0 fully saturated rings. The molecule has 0 spiro atoms. The maximum atomic E-state index is 11.2. The van der Waals surface area contributed by atoms with Gasteiger partial charge in [0.1, 0.15) is 0 Å². The van der Waals surface area contributed by atoms with Crippen molar-refractivity contribution in [3.05, 3.63) is 30.1 Å². The first kappa shape index (κ1) is 12.6. The Labute approximate surface area is 96.3 Å².